The predicted octanol–water partition coefficient (Wildman–Crippen LogP) is 0.693. The Labute approximate surface area is 111 Å². The van der Waals surface area contributed by atoms with Crippen molar-refractivity contribution in [1.82, 2.24) is 20.6 Å². The second-order valence-corrected chi connectivity index (χ2v) is 4.54. The number of nitrogens with one attached hydrogen (secondary N) is 2. The van der Waals surface area contributed by atoms with Gasteiger partial charge in [0, 0.05) is 6.20 Å². The fourth-order valence-electron chi connectivity index (χ4n) is 1.39. The summed E-state index contributed by atoms with van der Waals surface area (Å²) >= 11 is 0. The van der Waals surface area contributed by atoms with Crippen LogP contribution in [0.1, 0.15) is 25.2 Å². The molecule has 0 aromatic carbocycles. The number of aliphatic carboxylic acids is 1. The monoisotopic (exact) mass is 266 g/mol. The van der Waals surface area contributed by atoms with Gasteiger partial charge in [-0.2, -0.15) is 0 Å². The average Bonchev–Trinajstić information content (AvgIpc) is 2.34. The molecule has 1 aromatic heterocycles. The first-order chi connectivity index (χ1) is 8.90. The quantitative estimate of drug-likeness (QED) is 0.727. The van der Waals surface area contributed by atoms with Crippen LogP contribution in [0.4, 0.5) is 4.79 Å². The van der Waals surface area contributed by atoms with Crippen LogP contribution in [0.3, 0.4) is 0 Å². The molecule has 0 saturated heterocycles. The van der Waals surface area contributed by atoms with E-state index in [4.69, 9.17) is 5.11 Å². The average molecular weight is 266 g/mol. The number of carbonyl (C=O) groups is 2. The molecule has 0 bridgehead atoms. The molecule has 1 aromatic rings. The second kappa shape index (κ2) is 6.67. The molecule has 0 saturated carbocycles. The van der Waals surface area contributed by atoms with Crippen molar-refractivity contribution in [3.63, 3.8) is 0 Å². The lowest BCUT2D eigenvalue weighted by atomic mass is 10.1. The Morgan fingerprint density at radius 3 is 2.47 bits per heavy atom. The molecule has 2 amide bonds. The Hall–Kier alpha value is -2.18. The normalized spacial score (nSPS) is 12.0. The highest BCUT2D eigenvalue weighted by atomic mass is 16.4. The van der Waals surface area contributed by atoms with Crippen molar-refractivity contribution in [2.45, 2.75) is 33.4 Å². The zero-order valence-electron chi connectivity index (χ0n) is 11.2. The van der Waals surface area contributed by atoms with Gasteiger partial charge in [0.1, 0.15) is 6.04 Å². The molecule has 0 fully saturated rings. The van der Waals surface area contributed by atoms with E-state index in [-0.39, 0.29) is 12.5 Å². The van der Waals surface area contributed by atoms with Gasteiger partial charge in [0.05, 0.1) is 24.1 Å². The molecule has 0 aliphatic heterocycles. The molecule has 0 aliphatic carbocycles. The lowest BCUT2D eigenvalue weighted by Gasteiger charge is -2.18. The van der Waals surface area contributed by atoms with Crippen LogP contribution in [0.25, 0.3) is 0 Å². The van der Waals surface area contributed by atoms with Crippen molar-refractivity contribution in [3.05, 3.63) is 23.8 Å². The molecule has 1 rings (SSSR count). The number of nitrogens with zero attached hydrogens (tertiary/aromatic N) is 2. The van der Waals surface area contributed by atoms with Gasteiger partial charge in [0.15, 0.2) is 0 Å². The highest BCUT2D eigenvalue weighted by Gasteiger charge is 2.23. The molecular formula is C12H18N4O3. The molecule has 0 unspecified atom stereocenters. The van der Waals surface area contributed by atoms with E-state index in [9.17, 15) is 9.59 Å². The molecule has 0 spiro atoms. The third-order valence-corrected chi connectivity index (χ3v) is 2.48. The fourth-order valence-corrected chi connectivity index (χ4v) is 1.39. The van der Waals surface area contributed by atoms with Crippen LogP contribution in [0.2, 0.25) is 0 Å². The SMILES string of the molecule is Cc1cnc(CNC(=O)N[C@H](C(=O)O)C(C)C)cn1. The highest BCUT2D eigenvalue weighted by molar-refractivity contribution is 5.82. The minimum Gasteiger partial charge on any atom is -0.480 e. The van der Waals surface area contributed by atoms with Crippen molar-refractivity contribution in [2.24, 2.45) is 5.92 Å². The summed E-state index contributed by atoms with van der Waals surface area (Å²) in [4.78, 5) is 30.6. The molecule has 104 valence electrons. The fraction of sp³-hybridized carbons (Fsp3) is 0.500. The van der Waals surface area contributed by atoms with E-state index in [1.54, 1.807) is 26.2 Å². The van der Waals surface area contributed by atoms with Crippen molar-refractivity contribution in [3.8, 4) is 0 Å². The van der Waals surface area contributed by atoms with Gasteiger partial charge < -0.3 is 15.7 Å². The molecule has 1 atom stereocenters. The first kappa shape index (κ1) is 14.9. The lowest BCUT2D eigenvalue weighted by Crippen LogP contribution is -2.48. The summed E-state index contributed by atoms with van der Waals surface area (Å²) in [6.45, 7) is 5.47. The van der Waals surface area contributed by atoms with Gasteiger partial charge in [0.2, 0.25) is 0 Å². The summed E-state index contributed by atoms with van der Waals surface area (Å²) in [5, 5.41) is 13.9. The number of carboxylic acids is 1. The van der Waals surface area contributed by atoms with Gasteiger partial charge in [-0.15, -0.1) is 0 Å². The summed E-state index contributed by atoms with van der Waals surface area (Å²) in [5.74, 6) is -1.25. The molecule has 7 nitrogen and oxygen atoms in total. The smallest absolute Gasteiger partial charge is 0.326 e. The molecule has 3 N–H and O–H groups in total. The number of urea groups is 1. The van der Waals surface area contributed by atoms with Crippen LogP contribution in [-0.2, 0) is 11.3 Å². The zero-order chi connectivity index (χ0) is 14.4. The number of hydrogen-bond donors (Lipinski definition) is 3. The van der Waals surface area contributed by atoms with Crippen LogP contribution >= 0.6 is 0 Å². The van der Waals surface area contributed by atoms with Crippen molar-refractivity contribution < 1.29 is 14.7 Å². The number of rotatable bonds is 5. The molecule has 1 heterocycles. The number of aryl methyl sites for hydroxylation is 1. The largest absolute Gasteiger partial charge is 0.480 e. The third-order valence-electron chi connectivity index (χ3n) is 2.48. The van der Waals surface area contributed by atoms with Gasteiger partial charge in [-0.05, 0) is 12.8 Å². The number of carboxylic acid groups (broad SMARTS) is 1. The van der Waals surface area contributed by atoms with Gasteiger partial charge in [-0.3, -0.25) is 9.97 Å². The van der Waals surface area contributed by atoms with E-state index < -0.39 is 18.0 Å². The molecule has 0 radical (unpaired) electrons. The number of aromatic nitrogens is 2. The first-order valence-corrected chi connectivity index (χ1v) is 5.95. The van der Waals surface area contributed by atoms with Crippen LogP contribution in [0.15, 0.2) is 12.4 Å². The van der Waals surface area contributed by atoms with Gasteiger partial charge in [0.25, 0.3) is 0 Å². The Kier molecular flexibility index (Phi) is 5.23. The minimum atomic E-state index is -1.06. The Bertz CT molecular complexity index is 445. The number of hydrogen-bond acceptors (Lipinski definition) is 4. The maximum atomic E-state index is 11.6. The van der Waals surface area contributed by atoms with Crippen molar-refractivity contribution in [1.29, 1.82) is 0 Å². The Morgan fingerprint density at radius 2 is 2.00 bits per heavy atom. The van der Waals surface area contributed by atoms with Crippen LogP contribution < -0.4 is 10.6 Å². The molecule has 0 aliphatic rings. The Morgan fingerprint density at radius 1 is 1.32 bits per heavy atom. The highest BCUT2D eigenvalue weighted by Crippen LogP contribution is 2.01. The maximum Gasteiger partial charge on any atom is 0.326 e. The topological polar surface area (TPSA) is 104 Å². The summed E-state index contributed by atoms with van der Waals surface area (Å²) in [6, 6.07) is -1.45. The van der Waals surface area contributed by atoms with Crippen LogP contribution in [0.5, 0.6) is 0 Å². The van der Waals surface area contributed by atoms with E-state index in [1.807, 2.05) is 6.92 Å². The second-order valence-electron chi connectivity index (χ2n) is 4.54. The standard InChI is InChI=1S/C12H18N4O3/c1-7(2)10(11(17)18)16-12(19)15-6-9-5-13-8(3)4-14-9/h4-5,7,10H,6H2,1-3H3,(H,17,18)(H2,15,16,19)/t10-/m0/s1. The summed E-state index contributed by atoms with van der Waals surface area (Å²) < 4.78 is 0. The van der Waals surface area contributed by atoms with Crippen molar-refractivity contribution in [2.75, 3.05) is 0 Å². The summed E-state index contributed by atoms with van der Waals surface area (Å²) in [7, 11) is 0. The third kappa shape index (κ3) is 4.90. The zero-order valence-corrected chi connectivity index (χ0v) is 11.2. The Balaban J connectivity index is 2.47. The predicted molar refractivity (Wildman–Crippen MR) is 68.4 cm³/mol. The van der Waals surface area contributed by atoms with E-state index in [0.29, 0.717) is 5.69 Å². The summed E-state index contributed by atoms with van der Waals surface area (Å²) in [6.07, 6.45) is 3.16. The van der Waals surface area contributed by atoms with E-state index in [1.165, 1.54) is 0 Å². The van der Waals surface area contributed by atoms with Crippen molar-refractivity contribution >= 4 is 12.0 Å². The van der Waals surface area contributed by atoms with E-state index >= 15 is 0 Å². The first-order valence-electron chi connectivity index (χ1n) is 5.95. The summed E-state index contributed by atoms with van der Waals surface area (Å²) in [5.41, 5.74) is 1.40. The molecule has 19 heavy (non-hydrogen) atoms. The van der Waals surface area contributed by atoms with Gasteiger partial charge in [-0.25, -0.2) is 9.59 Å². The van der Waals surface area contributed by atoms with E-state index in [0.717, 1.165) is 5.69 Å². The van der Waals surface area contributed by atoms with E-state index in [2.05, 4.69) is 20.6 Å². The van der Waals surface area contributed by atoms with Gasteiger partial charge >= 0.3 is 12.0 Å². The lowest BCUT2D eigenvalue weighted by molar-refractivity contribution is -0.140. The van der Waals surface area contributed by atoms with Gasteiger partial charge in [-0.1, -0.05) is 13.8 Å². The minimum absolute atomic E-state index is 0.192. The molecule has 7 heteroatoms. The maximum absolute atomic E-state index is 11.6. The van der Waals surface area contributed by atoms with Crippen LogP contribution in [0, 0.1) is 12.8 Å². The number of amides is 2. The number of carbonyl (C=O) groups excluding carboxylic acids is 1. The molecular weight excluding hydrogens is 248 g/mol. The van der Waals surface area contributed by atoms with Crippen LogP contribution in [-0.4, -0.2) is 33.1 Å².